The van der Waals surface area contributed by atoms with Gasteiger partial charge >= 0.3 is 0 Å². The Labute approximate surface area is 103 Å². The number of benzene rings is 1. The third-order valence-corrected chi connectivity index (χ3v) is 3.55. The lowest BCUT2D eigenvalue weighted by Gasteiger charge is -2.18. The van der Waals surface area contributed by atoms with E-state index in [-0.39, 0.29) is 5.54 Å². The molecule has 0 unspecified atom stereocenters. The number of hydrogen-bond donors (Lipinski definition) is 1. The summed E-state index contributed by atoms with van der Waals surface area (Å²) in [6.45, 7) is 6.37. The van der Waals surface area contributed by atoms with Crippen LogP contribution < -0.4 is 5.73 Å². The number of aromatic nitrogens is 1. The van der Waals surface area contributed by atoms with Gasteiger partial charge in [-0.3, -0.25) is 0 Å². The topological polar surface area (TPSA) is 30.9 Å². The lowest BCUT2D eigenvalue weighted by atomic mass is 9.95. The standard InChI is InChI=1S/C15H22N2/c1-11-12(9-10-15(2,3)16)13-7-5-6-8-14(13)17(11)4/h5-8H,9-10,16H2,1-4H3. The third kappa shape index (κ3) is 2.37. The molecular formula is C15H22N2. The number of fused-ring (bicyclic) bond motifs is 1. The Morgan fingerprint density at radius 3 is 2.53 bits per heavy atom. The highest BCUT2D eigenvalue weighted by Crippen LogP contribution is 2.26. The van der Waals surface area contributed by atoms with Crippen molar-refractivity contribution in [3.8, 4) is 0 Å². The summed E-state index contributed by atoms with van der Waals surface area (Å²) in [5, 5.41) is 1.37. The highest BCUT2D eigenvalue weighted by Gasteiger charge is 2.15. The van der Waals surface area contributed by atoms with Crippen LogP contribution in [0.3, 0.4) is 0 Å². The number of hydrogen-bond acceptors (Lipinski definition) is 1. The quantitative estimate of drug-likeness (QED) is 0.862. The molecule has 0 saturated heterocycles. The molecule has 1 aromatic carbocycles. The Morgan fingerprint density at radius 1 is 1.24 bits per heavy atom. The van der Waals surface area contributed by atoms with Crippen molar-refractivity contribution in [2.24, 2.45) is 12.8 Å². The predicted octanol–water partition coefficient (Wildman–Crippen LogP) is 3.16. The van der Waals surface area contributed by atoms with Crippen molar-refractivity contribution in [3.05, 3.63) is 35.5 Å². The van der Waals surface area contributed by atoms with E-state index in [0.29, 0.717) is 0 Å². The molecule has 17 heavy (non-hydrogen) atoms. The van der Waals surface area contributed by atoms with Crippen LogP contribution in [0.15, 0.2) is 24.3 Å². The normalized spacial score (nSPS) is 12.3. The minimum Gasteiger partial charge on any atom is -0.348 e. The van der Waals surface area contributed by atoms with Gasteiger partial charge in [-0.1, -0.05) is 18.2 Å². The van der Waals surface area contributed by atoms with E-state index >= 15 is 0 Å². The molecule has 92 valence electrons. The first-order valence-corrected chi connectivity index (χ1v) is 6.22. The molecule has 0 amide bonds. The first-order valence-electron chi connectivity index (χ1n) is 6.22. The van der Waals surface area contributed by atoms with Crippen LogP contribution in [0.2, 0.25) is 0 Å². The second kappa shape index (κ2) is 4.19. The van der Waals surface area contributed by atoms with E-state index < -0.39 is 0 Å². The fraction of sp³-hybridized carbons (Fsp3) is 0.467. The molecule has 0 aliphatic heterocycles. The molecule has 2 N–H and O–H groups in total. The molecule has 0 atom stereocenters. The van der Waals surface area contributed by atoms with Crippen LogP contribution >= 0.6 is 0 Å². The van der Waals surface area contributed by atoms with Gasteiger partial charge in [-0.15, -0.1) is 0 Å². The lowest BCUT2D eigenvalue weighted by Crippen LogP contribution is -2.32. The van der Waals surface area contributed by atoms with Gasteiger partial charge in [-0.25, -0.2) is 0 Å². The van der Waals surface area contributed by atoms with E-state index in [1.807, 2.05) is 0 Å². The summed E-state index contributed by atoms with van der Waals surface area (Å²) in [4.78, 5) is 0. The van der Waals surface area contributed by atoms with Crippen LogP contribution in [0.5, 0.6) is 0 Å². The highest BCUT2D eigenvalue weighted by atomic mass is 14.9. The molecule has 2 aromatic rings. The van der Waals surface area contributed by atoms with Crippen molar-refractivity contribution in [2.75, 3.05) is 0 Å². The molecule has 0 spiro atoms. The molecule has 0 bridgehead atoms. The average molecular weight is 230 g/mol. The summed E-state index contributed by atoms with van der Waals surface area (Å²) < 4.78 is 2.27. The summed E-state index contributed by atoms with van der Waals surface area (Å²) in [6.07, 6.45) is 2.07. The molecular weight excluding hydrogens is 208 g/mol. The fourth-order valence-electron chi connectivity index (χ4n) is 2.36. The summed E-state index contributed by atoms with van der Waals surface area (Å²) in [5.41, 5.74) is 10.1. The molecule has 0 aliphatic rings. The second-order valence-corrected chi connectivity index (χ2v) is 5.63. The van der Waals surface area contributed by atoms with Gasteiger partial charge in [0.05, 0.1) is 0 Å². The first kappa shape index (κ1) is 12.2. The van der Waals surface area contributed by atoms with E-state index in [4.69, 9.17) is 5.73 Å². The summed E-state index contributed by atoms with van der Waals surface area (Å²) in [5.74, 6) is 0. The van der Waals surface area contributed by atoms with Gasteiger partial charge in [-0.2, -0.15) is 0 Å². The van der Waals surface area contributed by atoms with Crippen molar-refractivity contribution in [2.45, 2.75) is 39.2 Å². The summed E-state index contributed by atoms with van der Waals surface area (Å²) in [6, 6.07) is 8.60. The number of rotatable bonds is 3. The van der Waals surface area contributed by atoms with E-state index in [2.05, 4.69) is 56.7 Å². The van der Waals surface area contributed by atoms with E-state index in [1.165, 1.54) is 22.2 Å². The molecule has 0 fully saturated rings. The number of nitrogens with two attached hydrogens (primary N) is 1. The fourth-order valence-corrected chi connectivity index (χ4v) is 2.36. The van der Waals surface area contributed by atoms with Gasteiger partial charge in [0.25, 0.3) is 0 Å². The maximum Gasteiger partial charge on any atom is 0.0482 e. The lowest BCUT2D eigenvalue weighted by molar-refractivity contribution is 0.477. The van der Waals surface area contributed by atoms with E-state index in [0.717, 1.165) is 12.8 Å². The van der Waals surface area contributed by atoms with Crippen molar-refractivity contribution >= 4 is 10.9 Å². The van der Waals surface area contributed by atoms with Gasteiger partial charge in [-0.05, 0) is 45.2 Å². The molecule has 1 aromatic heterocycles. The van der Waals surface area contributed by atoms with Gasteiger partial charge in [0.2, 0.25) is 0 Å². The van der Waals surface area contributed by atoms with Crippen LogP contribution in [-0.4, -0.2) is 10.1 Å². The van der Waals surface area contributed by atoms with Crippen LogP contribution in [-0.2, 0) is 13.5 Å². The third-order valence-electron chi connectivity index (χ3n) is 3.55. The Hall–Kier alpha value is -1.28. The van der Waals surface area contributed by atoms with Gasteiger partial charge in [0.1, 0.15) is 0 Å². The molecule has 0 saturated carbocycles. The summed E-state index contributed by atoms with van der Waals surface area (Å²) in [7, 11) is 2.13. The zero-order valence-corrected chi connectivity index (χ0v) is 11.2. The number of para-hydroxylation sites is 1. The maximum absolute atomic E-state index is 6.08. The van der Waals surface area contributed by atoms with Crippen LogP contribution in [0.25, 0.3) is 10.9 Å². The van der Waals surface area contributed by atoms with Crippen molar-refractivity contribution in [1.82, 2.24) is 4.57 Å². The Kier molecular flexibility index (Phi) is 3.00. The van der Waals surface area contributed by atoms with Crippen molar-refractivity contribution in [1.29, 1.82) is 0 Å². The SMILES string of the molecule is Cc1c(CCC(C)(C)N)c2ccccc2n1C. The molecule has 2 rings (SSSR count). The zero-order chi connectivity index (χ0) is 12.6. The Balaban J connectivity index is 2.43. The largest absolute Gasteiger partial charge is 0.348 e. The molecule has 1 heterocycles. The van der Waals surface area contributed by atoms with E-state index in [1.54, 1.807) is 0 Å². The smallest absolute Gasteiger partial charge is 0.0482 e. The number of nitrogens with zero attached hydrogens (tertiary/aromatic N) is 1. The predicted molar refractivity (Wildman–Crippen MR) is 74.2 cm³/mol. The molecule has 2 heteroatoms. The minimum atomic E-state index is -0.0939. The average Bonchev–Trinajstić information content (AvgIpc) is 2.49. The van der Waals surface area contributed by atoms with Gasteiger partial charge in [0, 0.05) is 29.2 Å². The zero-order valence-electron chi connectivity index (χ0n) is 11.2. The van der Waals surface area contributed by atoms with Crippen LogP contribution in [0, 0.1) is 6.92 Å². The van der Waals surface area contributed by atoms with E-state index in [9.17, 15) is 0 Å². The monoisotopic (exact) mass is 230 g/mol. The first-order chi connectivity index (χ1) is 7.90. The second-order valence-electron chi connectivity index (χ2n) is 5.63. The minimum absolute atomic E-state index is 0.0939. The van der Waals surface area contributed by atoms with Crippen molar-refractivity contribution in [3.63, 3.8) is 0 Å². The van der Waals surface area contributed by atoms with Crippen molar-refractivity contribution < 1.29 is 0 Å². The highest BCUT2D eigenvalue weighted by molar-refractivity contribution is 5.85. The number of aryl methyl sites for hydroxylation is 2. The van der Waals surface area contributed by atoms with Gasteiger partial charge in [0.15, 0.2) is 0 Å². The summed E-state index contributed by atoms with van der Waals surface area (Å²) >= 11 is 0. The van der Waals surface area contributed by atoms with Crippen LogP contribution in [0.4, 0.5) is 0 Å². The van der Waals surface area contributed by atoms with Crippen LogP contribution in [0.1, 0.15) is 31.5 Å². The Morgan fingerprint density at radius 2 is 1.88 bits per heavy atom. The molecule has 0 aliphatic carbocycles. The maximum atomic E-state index is 6.08. The Bertz CT molecular complexity index is 530. The molecule has 2 nitrogen and oxygen atoms in total. The van der Waals surface area contributed by atoms with Gasteiger partial charge < -0.3 is 10.3 Å². The molecule has 0 radical (unpaired) electrons.